The van der Waals surface area contributed by atoms with Crippen LogP contribution in [0, 0.1) is 6.92 Å². The molecule has 1 aliphatic heterocycles. The van der Waals surface area contributed by atoms with Crippen LogP contribution in [0.15, 0.2) is 42.7 Å². The van der Waals surface area contributed by atoms with E-state index < -0.39 is 0 Å². The maximum absolute atomic E-state index is 13.2. The minimum Gasteiger partial charge on any atom is -0.367 e. The van der Waals surface area contributed by atoms with Gasteiger partial charge >= 0.3 is 0 Å². The first-order valence-electron chi connectivity index (χ1n) is 9.29. The van der Waals surface area contributed by atoms with Crippen molar-refractivity contribution in [1.82, 2.24) is 19.4 Å². The molecular formula is C21H24N4O2. The Morgan fingerprint density at radius 1 is 1.04 bits per heavy atom. The Morgan fingerprint density at radius 2 is 1.74 bits per heavy atom. The molecule has 27 heavy (non-hydrogen) atoms. The number of carbonyl (C=O) groups excluding carboxylic acids is 2. The lowest BCUT2D eigenvalue weighted by atomic mass is 10.1. The number of piperazine rings is 1. The van der Waals surface area contributed by atoms with Crippen LogP contribution in [-0.4, -0.2) is 57.3 Å². The molecule has 140 valence electrons. The fourth-order valence-corrected chi connectivity index (χ4v) is 3.86. The molecule has 0 bridgehead atoms. The zero-order chi connectivity index (χ0) is 19.0. The van der Waals surface area contributed by atoms with Gasteiger partial charge in [0.25, 0.3) is 5.91 Å². The maximum Gasteiger partial charge on any atom is 0.256 e. The Bertz CT molecular complexity index is 979. The highest BCUT2D eigenvalue weighted by atomic mass is 16.2. The van der Waals surface area contributed by atoms with Gasteiger partial charge in [-0.05, 0) is 24.6 Å². The van der Waals surface area contributed by atoms with Crippen molar-refractivity contribution in [3.8, 4) is 0 Å². The van der Waals surface area contributed by atoms with Crippen molar-refractivity contribution in [3.63, 3.8) is 0 Å². The van der Waals surface area contributed by atoms with E-state index in [4.69, 9.17) is 0 Å². The maximum atomic E-state index is 13.2. The van der Waals surface area contributed by atoms with E-state index in [9.17, 15) is 9.59 Å². The summed E-state index contributed by atoms with van der Waals surface area (Å²) in [5, 5.41) is 0.994. The number of fused-ring (bicyclic) bond motifs is 1. The second kappa shape index (κ2) is 6.95. The van der Waals surface area contributed by atoms with Crippen LogP contribution < -0.4 is 0 Å². The van der Waals surface area contributed by atoms with Gasteiger partial charge in [0.15, 0.2) is 0 Å². The number of hydrogen-bond donors (Lipinski definition) is 1. The standard InChI is InChI=1S/C21H24N4O2/c1-15-20(17-5-3-4-6-18(17)23(15)2)21(27)25-11-9-24(10-12-25)19(26)13-16-7-8-22-14-16/h3-8,14,22H,9-13H2,1-2H3. The summed E-state index contributed by atoms with van der Waals surface area (Å²) in [7, 11) is 1.99. The van der Waals surface area contributed by atoms with E-state index >= 15 is 0 Å². The molecule has 1 fully saturated rings. The zero-order valence-corrected chi connectivity index (χ0v) is 15.7. The number of nitrogens with one attached hydrogen (secondary N) is 1. The number of amides is 2. The van der Waals surface area contributed by atoms with Gasteiger partial charge in [-0.3, -0.25) is 9.59 Å². The molecule has 0 atom stereocenters. The van der Waals surface area contributed by atoms with Crippen molar-refractivity contribution in [2.75, 3.05) is 26.2 Å². The van der Waals surface area contributed by atoms with Gasteiger partial charge in [0.2, 0.25) is 5.91 Å². The molecule has 0 spiro atoms. The zero-order valence-electron chi connectivity index (χ0n) is 15.7. The second-order valence-electron chi connectivity index (χ2n) is 7.11. The summed E-state index contributed by atoms with van der Waals surface area (Å²) in [6.45, 7) is 4.29. The van der Waals surface area contributed by atoms with Crippen molar-refractivity contribution < 1.29 is 9.59 Å². The Morgan fingerprint density at radius 3 is 2.44 bits per heavy atom. The molecule has 2 aromatic heterocycles. The van der Waals surface area contributed by atoms with Crippen LogP contribution in [0.5, 0.6) is 0 Å². The van der Waals surface area contributed by atoms with E-state index in [0.717, 1.165) is 27.7 Å². The SMILES string of the molecule is Cc1c(C(=O)N2CCN(C(=O)Cc3cc[nH]c3)CC2)c2ccccc2n1C. The number of aryl methyl sites for hydroxylation is 1. The lowest BCUT2D eigenvalue weighted by Crippen LogP contribution is -2.51. The molecule has 4 rings (SSSR count). The Balaban J connectivity index is 1.46. The molecule has 1 saturated heterocycles. The first-order valence-corrected chi connectivity index (χ1v) is 9.29. The lowest BCUT2D eigenvalue weighted by Gasteiger charge is -2.35. The molecule has 0 unspecified atom stereocenters. The van der Waals surface area contributed by atoms with Gasteiger partial charge in [0, 0.05) is 62.2 Å². The van der Waals surface area contributed by atoms with Gasteiger partial charge in [-0.2, -0.15) is 0 Å². The third-order valence-corrected chi connectivity index (χ3v) is 5.55. The van der Waals surface area contributed by atoms with Gasteiger partial charge in [-0.1, -0.05) is 18.2 Å². The molecule has 1 aliphatic rings. The lowest BCUT2D eigenvalue weighted by molar-refractivity contribution is -0.131. The summed E-state index contributed by atoms with van der Waals surface area (Å²) < 4.78 is 2.07. The normalized spacial score (nSPS) is 14.7. The molecule has 3 heterocycles. The second-order valence-corrected chi connectivity index (χ2v) is 7.11. The number of carbonyl (C=O) groups is 2. The van der Waals surface area contributed by atoms with E-state index in [2.05, 4.69) is 9.55 Å². The quantitative estimate of drug-likeness (QED) is 0.775. The van der Waals surface area contributed by atoms with E-state index in [1.54, 1.807) is 0 Å². The smallest absolute Gasteiger partial charge is 0.256 e. The van der Waals surface area contributed by atoms with Crippen molar-refractivity contribution in [2.24, 2.45) is 7.05 Å². The fraction of sp³-hybridized carbons (Fsp3) is 0.333. The number of aromatic amines is 1. The van der Waals surface area contributed by atoms with Crippen molar-refractivity contribution in [3.05, 3.63) is 59.5 Å². The van der Waals surface area contributed by atoms with Gasteiger partial charge in [0.05, 0.1) is 12.0 Å². The van der Waals surface area contributed by atoms with Gasteiger partial charge in [0.1, 0.15) is 0 Å². The first-order chi connectivity index (χ1) is 13.1. The molecular weight excluding hydrogens is 340 g/mol. The van der Waals surface area contributed by atoms with E-state index in [-0.39, 0.29) is 11.8 Å². The number of H-pyrrole nitrogens is 1. The Kier molecular flexibility index (Phi) is 4.48. The van der Waals surface area contributed by atoms with Gasteiger partial charge in [-0.15, -0.1) is 0 Å². The number of aromatic nitrogens is 2. The molecule has 1 aromatic carbocycles. The van der Waals surface area contributed by atoms with Crippen LogP contribution in [0.25, 0.3) is 10.9 Å². The van der Waals surface area contributed by atoms with Crippen LogP contribution in [0.4, 0.5) is 0 Å². The molecule has 0 saturated carbocycles. The highest BCUT2D eigenvalue weighted by Crippen LogP contribution is 2.26. The molecule has 3 aromatic rings. The molecule has 1 N–H and O–H groups in total. The predicted molar refractivity (Wildman–Crippen MR) is 105 cm³/mol. The van der Waals surface area contributed by atoms with Crippen LogP contribution in [0.3, 0.4) is 0 Å². The number of benzene rings is 1. The summed E-state index contributed by atoms with van der Waals surface area (Å²) in [5.41, 5.74) is 3.82. The van der Waals surface area contributed by atoms with Gasteiger partial charge in [-0.25, -0.2) is 0 Å². The third kappa shape index (κ3) is 3.12. The summed E-state index contributed by atoms with van der Waals surface area (Å²) >= 11 is 0. The number of hydrogen-bond acceptors (Lipinski definition) is 2. The van der Waals surface area contributed by atoms with E-state index in [1.807, 2.05) is 66.5 Å². The minimum atomic E-state index is 0.0574. The number of nitrogens with zero attached hydrogens (tertiary/aromatic N) is 3. The van der Waals surface area contributed by atoms with Gasteiger partial charge < -0.3 is 19.4 Å². The summed E-state index contributed by atoms with van der Waals surface area (Å²) in [4.78, 5) is 32.3. The highest BCUT2D eigenvalue weighted by Gasteiger charge is 2.28. The molecule has 2 amide bonds. The van der Waals surface area contributed by atoms with Crippen LogP contribution in [0.2, 0.25) is 0 Å². The summed E-state index contributed by atoms with van der Waals surface area (Å²) in [5.74, 6) is 0.171. The third-order valence-electron chi connectivity index (χ3n) is 5.55. The van der Waals surface area contributed by atoms with Crippen molar-refractivity contribution in [2.45, 2.75) is 13.3 Å². The van der Waals surface area contributed by atoms with E-state index in [0.29, 0.717) is 32.6 Å². The number of para-hydroxylation sites is 1. The monoisotopic (exact) mass is 364 g/mol. The largest absolute Gasteiger partial charge is 0.367 e. The molecule has 6 heteroatoms. The molecule has 0 aliphatic carbocycles. The summed E-state index contributed by atoms with van der Waals surface area (Å²) in [6, 6.07) is 9.92. The molecule has 6 nitrogen and oxygen atoms in total. The molecule has 0 radical (unpaired) electrons. The summed E-state index contributed by atoms with van der Waals surface area (Å²) in [6.07, 6.45) is 4.08. The predicted octanol–water partition coefficient (Wildman–Crippen LogP) is 2.34. The average molecular weight is 364 g/mol. The number of rotatable bonds is 3. The van der Waals surface area contributed by atoms with Crippen molar-refractivity contribution in [1.29, 1.82) is 0 Å². The minimum absolute atomic E-state index is 0.0574. The Labute approximate surface area is 158 Å². The highest BCUT2D eigenvalue weighted by molar-refractivity contribution is 6.08. The first kappa shape index (κ1) is 17.4. The van der Waals surface area contributed by atoms with Crippen LogP contribution in [-0.2, 0) is 18.3 Å². The van der Waals surface area contributed by atoms with E-state index in [1.165, 1.54) is 0 Å². The fourth-order valence-electron chi connectivity index (χ4n) is 3.86. The van der Waals surface area contributed by atoms with Crippen LogP contribution in [0.1, 0.15) is 21.6 Å². The topological polar surface area (TPSA) is 61.3 Å². The average Bonchev–Trinajstić information content (AvgIpc) is 3.29. The Hall–Kier alpha value is -3.02. The van der Waals surface area contributed by atoms with Crippen LogP contribution >= 0.6 is 0 Å². The van der Waals surface area contributed by atoms with Crippen molar-refractivity contribution >= 4 is 22.7 Å².